The Labute approximate surface area is 240 Å². The smallest absolute Gasteiger partial charge is 0.269 e. The van der Waals surface area contributed by atoms with Crippen LogP contribution < -0.4 is 14.8 Å². The lowest BCUT2D eigenvalue weighted by Gasteiger charge is -2.15. The first-order valence-corrected chi connectivity index (χ1v) is 13.5. The number of non-ortho nitro benzene ring substituents is 1. The van der Waals surface area contributed by atoms with Crippen LogP contribution in [0.2, 0.25) is 10.0 Å². The van der Waals surface area contributed by atoms with Crippen molar-refractivity contribution >= 4 is 86.1 Å². The number of hydrogen-bond acceptors (Lipinski definition) is 7. The standard InChI is InChI=1S/C25H18Cl2IN3O5S/c1-2-35-20-11-15(10-18(28)23(20)36-13-14-5-3-6-16(9-14)31(33)34)12-21-24(32)30-25(37-21)29-19-8-4-7-17(26)22(19)27/h3-12H,2,13H2,1H3,(H,29,30,32)/b21-12+. The average molecular weight is 670 g/mol. The van der Waals surface area contributed by atoms with E-state index < -0.39 is 4.92 Å². The van der Waals surface area contributed by atoms with Gasteiger partial charge in [0.05, 0.1) is 35.7 Å². The summed E-state index contributed by atoms with van der Waals surface area (Å²) in [7, 11) is 0. The summed E-state index contributed by atoms with van der Waals surface area (Å²) in [4.78, 5) is 28.0. The molecule has 0 aliphatic carbocycles. The van der Waals surface area contributed by atoms with Gasteiger partial charge in [0.25, 0.3) is 11.6 Å². The first kappa shape index (κ1) is 27.2. The molecule has 1 amide bonds. The van der Waals surface area contributed by atoms with Gasteiger partial charge in [0.2, 0.25) is 0 Å². The molecule has 0 bridgehead atoms. The zero-order valence-corrected chi connectivity index (χ0v) is 23.7. The summed E-state index contributed by atoms with van der Waals surface area (Å²) >= 11 is 15.6. The van der Waals surface area contributed by atoms with Crippen molar-refractivity contribution in [3.63, 3.8) is 0 Å². The molecule has 3 aromatic rings. The maximum absolute atomic E-state index is 12.6. The van der Waals surface area contributed by atoms with Crippen molar-refractivity contribution < 1.29 is 19.2 Å². The summed E-state index contributed by atoms with van der Waals surface area (Å²) in [5.74, 6) is 0.716. The molecule has 1 fully saturated rings. The monoisotopic (exact) mass is 669 g/mol. The molecule has 8 nitrogen and oxygen atoms in total. The number of nitrogens with zero attached hydrogens (tertiary/aromatic N) is 2. The number of nitro benzene ring substituents is 1. The Bertz CT molecular complexity index is 1450. The van der Waals surface area contributed by atoms with Crippen molar-refractivity contribution in [2.24, 2.45) is 4.99 Å². The Hall–Kier alpha value is -2.80. The van der Waals surface area contributed by atoms with Crippen LogP contribution in [0, 0.1) is 13.7 Å². The molecule has 12 heteroatoms. The highest BCUT2D eigenvalue weighted by molar-refractivity contribution is 14.1. The van der Waals surface area contributed by atoms with Crippen molar-refractivity contribution in [2.45, 2.75) is 13.5 Å². The van der Waals surface area contributed by atoms with Crippen molar-refractivity contribution in [1.82, 2.24) is 5.32 Å². The molecule has 0 atom stereocenters. The highest BCUT2D eigenvalue weighted by Crippen LogP contribution is 2.38. The van der Waals surface area contributed by atoms with E-state index in [0.717, 1.165) is 9.13 Å². The summed E-state index contributed by atoms with van der Waals surface area (Å²) in [6.07, 6.45) is 1.73. The number of hydrogen-bond donors (Lipinski definition) is 1. The zero-order valence-electron chi connectivity index (χ0n) is 19.2. The van der Waals surface area contributed by atoms with Crippen LogP contribution in [-0.2, 0) is 11.4 Å². The minimum atomic E-state index is -0.446. The van der Waals surface area contributed by atoms with Crippen molar-refractivity contribution in [1.29, 1.82) is 0 Å². The maximum atomic E-state index is 12.6. The molecule has 1 aliphatic heterocycles. The number of thioether (sulfide) groups is 1. The van der Waals surface area contributed by atoms with Gasteiger partial charge in [0.1, 0.15) is 6.61 Å². The van der Waals surface area contributed by atoms with Crippen molar-refractivity contribution in [3.8, 4) is 11.5 Å². The van der Waals surface area contributed by atoms with Gasteiger partial charge in [0, 0.05) is 12.1 Å². The summed E-state index contributed by atoms with van der Waals surface area (Å²) in [6.45, 7) is 2.38. The number of nitrogens with one attached hydrogen (secondary N) is 1. The molecule has 0 saturated carbocycles. The highest BCUT2D eigenvalue weighted by Gasteiger charge is 2.25. The van der Waals surface area contributed by atoms with Gasteiger partial charge in [-0.1, -0.05) is 41.4 Å². The molecular formula is C25H18Cl2IN3O5S. The number of ether oxygens (including phenoxy) is 2. The number of aliphatic imine (C=N–C) groups is 1. The van der Waals surface area contributed by atoms with Crippen LogP contribution in [0.5, 0.6) is 11.5 Å². The number of rotatable bonds is 8. The van der Waals surface area contributed by atoms with Crippen LogP contribution in [0.1, 0.15) is 18.1 Å². The zero-order chi connectivity index (χ0) is 26.5. The Balaban J connectivity index is 1.57. The number of carbonyl (C=O) groups is 1. The molecule has 4 rings (SSSR count). The molecular weight excluding hydrogens is 652 g/mol. The molecule has 1 saturated heterocycles. The average Bonchev–Trinajstić information content (AvgIpc) is 3.20. The second-order valence-corrected chi connectivity index (χ2v) is 10.5. The normalized spacial score (nSPS) is 15.2. The third kappa shape index (κ3) is 6.75. The molecule has 0 radical (unpaired) electrons. The van der Waals surface area contributed by atoms with E-state index in [1.807, 2.05) is 13.0 Å². The summed E-state index contributed by atoms with van der Waals surface area (Å²) < 4.78 is 12.5. The van der Waals surface area contributed by atoms with Crippen LogP contribution in [0.3, 0.4) is 0 Å². The summed E-state index contributed by atoms with van der Waals surface area (Å²) in [5.41, 5.74) is 1.84. The van der Waals surface area contributed by atoms with Crippen LogP contribution >= 0.6 is 57.6 Å². The molecule has 37 heavy (non-hydrogen) atoms. The molecule has 190 valence electrons. The Morgan fingerprint density at radius 3 is 2.70 bits per heavy atom. The van der Waals surface area contributed by atoms with Gasteiger partial charge < -0.3 is 14.8 Å². The van der Waals surface area contributed by atoms with Crippen LogP contribution in [0.25, 0.3) is 6.08 Å². The second-order valence-electron chi connectivity index (χ2n) is 7.53. The van der Waals surface area contributed by atoms with Crippen molar-refractivity contribution in [3.05, 3.63) is 94.4 Å². The van der Waals surface area contributed by atoms with E-state index in [2.05, 4.69) is 32.9 Å². The van der Waals surface area contributed by atoms with E-state index in [-0.39, 0.29) is 18.2 Å². The topological polar surface area (TPSA) is 103 Å². The third-order valence-corrected chi connectivity index (χ3v) is 7.46. The lowest BCUT2D eigenvalue weighted by atomic mass is 10.1. The van der Waals surface area contributed by atoms with Gasteiger partial charge >= 0.3 is 0 Å². The largest absolute Gasteiger partial charge is 0.490 e. The third-order valence-electron chi connectivity index (χ3n) is 4.94. The van der Waals surface area contributed by atoms with Gasteiger partial charge in [-0.25, -0.2) is 4.99 Å². The Kier molecular flexibility index (Phi) is 8.95. The van der Waals surface area contributed by atoms with E-state index in [0.29, 0.717) is 49.5 Å². The van der Waals surface area contributed by atoms with E-state index >= 15 is 0 Å². The first-order chi connectivity index (χ1) is 17.7. The van der Waals surface area contributed by atoms with Crippen LogP contribution in [0.15, 0.2) is 64.5 Å². The summed E-state index contributed by atoms with van der Waals surface area (Å²) in [6, 6.07) is 15.0. The quantitative estimate of drug-likeness (QED) is 0.116. The minimum absolute atomic E-state index is 0.00400. The number of amidine groups is 1. The van der Waals surface area contributed by atoms with E-state index in [4.69, 9.17) is 32.7 Å². The Morgan fingerprint density at radius 2 is 1.95 bits per heavy atom. The summed E-state index contributed by atoms with van der Waals surface area (Å²) in [5, 5.41) is 14.9. The number of benzene rings is 3. The van der Waals surface area contributed by atoms with Gasteiger partial charge in [0.15, 0.2) is 16.7 Å². The lowest BCUT2D eigenvalue weighted by Crippen LogP contribution is -2.19. The molecule has 1 aliphatic rings. The van der Waals surface area contributed by atoms with Gasteiger partial charge in [-0.15, -0.1) is 0 Å². The number of amides is 1. The van der Waals surface area contributed by atoms with Crippen LogP contribution in [-0.4, -0.2) is 22.6 Å². The van der Waals surface area contributed by atoms with E-state index in [1.54, 1.807) is 42.5 Å². The lowest BCUT2D eigenvalue weighted by molar-refractivity contribution is -0.384. The predicted octanol–water partition coefficient (Wildman–Crippen LogP) is 7.38. The van der Waals surface area contributed by atoms with E-state index in [1.165, 1.54) is 23.9 Å². The fraction of sp³-hybridized carbons (Fsp3) is 0.120. The number of carbonyl (C=O) groups excluding carboxylic acids is 1. The predicted molar refractivity (Wildman–Crippen MR) is 155 cm³/mol. The minimum Gasteiger partial charge on any atom is -0.490 e. The number of nitro groups is 1. The molecule has 0 spiro atoms. The SMILES string of the molecule is CCOc1cc(/C=C2/SC(=Nc3cccc(Cl)c3Cl)NC2=O)cc(I)c1OCc1cccc([N+](=O)[O-])c1. The van der Waals surface area contributed by atoms with Gasteiger partial charge in [-0.3, -0.25) is 14.9 Å². The first-order valence-electron chi connectivity index (χ1n) is 10.8. The highest BCUT2D eigenvalue weighted by atomic mass is 127. The Morgan fingerprint density at radius 1 is 1.16 bits per heavy atom. The van der Waals surface area contributed by atoms with E-state index in [9.17, 15) is 14.9 Å². The fourth-order valence-electron chi connectivity index (χ4n) is 3.31. The molecule has 3 aromatic carbocycles. The molecule has 0 aromatic heterocycles. The van der Waals surface area contributed by atoms with Crippen LogP contribution in [0.4, 0.5) is 11.4 Å². The molecule has 1 N–H and O–H groups in total. The van der Waals surface area contributed by atoms with Crippen molar-refractivity contribution in [2.75, 3.05) is 6.61 Å². The maximum Gasteiger partial charge on any atom is 0.269 e. The van der Waals surface area contributed by atoms with Gasteiger partial charge in [-0.2, -0.15) is 0 Å². The molecule has 1 heterocycles. The fourth-order valence-corrected chi connectivity index (χ4v) is 5.26. The molecule has 0 unspecified atom stereocenters. The number of halogens is 3. The second kappa shape index (κ2) is 12.2. The van der Waals surface area contributed by atoms with Gasteiger partial charge in [-0.05, 0) is 82.7 Å².